The van der Waals surface area contributed by atoms with E-state index in [0.29, 0.717) is 24.3 Å². The molecule has 3 N–H and O–H groups in total. The number of ether oxygens (including phenoxy) is 1. The van der Waals surface area contributed by atoms with Gasteiger partial charge in [0.2, 0.25) is 5.91 Å². The van der Waals surface area contributed by atoms with Crippen molar-refractivity contribution < 1.29 is 19.5 Å². The summed E-state index contributed by atoms with van der Waals surface area (Å²) in [6.45, 7) is 1.53. The molecule has 2 aromatic carbocycles. The second-order valence-corrected chi connectivity index (χ2v) is 6.17. The SMILES string of the molecule is COc1ccc(CCN2CC(=O)Nc3ccc(C(=O)NO)cc3C2)cc1. The highest BCUT2D eigenvalue weighted by molar-refractivity contribution is 5.97. The maximum absolute atomic E-state index is 12.1. The Labute approximate surface area is 151 Å². The van der Waals surface area contributed by atoms with Crippen molar-refractivity contribution in [3.05, 3.63) is 59.2 Å². The maximum atomic E-state index is 12.1. The van der Waals surface area contributed by atoms with Crippen LogP contribution in [0.15, 0.2) is 42.5 Å². The standard InChI is InChI=1S/C19H21N3O4/c1-26-16-5-2-13(3-6-16)8-9-22-11-15-10-14(19(24)21-25)4-7-17(15)20-18(23)12-22/h2-7,10,25H,8-9,11-12H2,1H3,(H,20,23)(H,21,24). The van der Waals surface area contributed by atoms with Gasteiger partial charge in [-0.2, -0.15) is 0 Å². The first-order valence-corrected chi connectivity index (χ1v) is 8.31. The molecule has 7 heteroatoms. The number of nitrogens with zero attached hydrogens (tertiary/aromatic N) is 1. The van der Waals surface area contributed by atoms with Crippen LogP contribution in [0.25, 0.3) is 0 Å². The number of hydroxylamine groups is 1. The summed E-state index contributed by atoms with van der Waals surface area (Å²) in [5, 5.41) is 11.7. The van der Waals surface area contributed by atoms with Crippen molar-refractivity contribution >= 4 is 17.5 Å². The van der Waals surface area contributed by atoms with Crippen molar-refractivity contribution in [1.29, 1.82) is 0 Å². The van der Waals surface area contributed by atoms with Crippen LogP contribution < -0.4 is 15.5 Å². The number of anilines is 1. The first-order valence-electron chi connectivity index (χ1n) is 8.31. The minimum atomic E-state index is -0.576. The van der Waals surface area contributed by atoms with Gasteiger partial charge in [0.15, 0.2) is 0 Å². The Balaban J connectivity index is 1.72. The lowest BCUT2D eigenvalue weighted by Crippen LogP contribution is -2.31. The molecule has 1 heterocycles. The van der Waals surface area contributed by atoms with Crippen LogP contribution in [0.5, 0.6) is 5.75 Å². The zero-order valence-corrected chi connectivity index (χ0v) is 14.5. The van der Waals surface area contributed by atoms with E-state index in [0.717, 1.165) is 23.3 Å². The zero-order valence-electron chi connectivity index (χ0n) is 14.5. The molecular weight excluding hydrogens is 334 g/mol. The van der Waals surface area contributed by atoms with Crippen molar-refractivity contribution in [2.45, 2.75) is 13.0 Å². The van der Waals surface area contributed by atoms with Crippen LogP contribution in [-0.2, 0) is 17.8 Å². The van der Waals surface area contributed by atoms with Crippen LogP contribution in [-0.4, -0.2) is 42.1 Å². The second kappa shape index (κ2) is 7.99. The smallest absolute Gasteiger partial charge is 0.274 e. The molecule has 1 aliphatic rings. The minimum absolute atomic E-state index is 0.0853. The molecular formula is C19H21N3O4. The first kappa shape index (κ1) is 17.9. The van der Waals surface area contributed by atoms with Crippen LogP contribution in [0.1, 0.15) is 21.5 Å². The molecule has 7 nitrogen and oxygen atoms in total. The van der Waals surface area contributed by atoms with Gasteiger partial charge in [0.1, 0.15) is 5.75 Å². The second-order valence-electron chi connectivity index (χ2n) is 6.17. The number of amides is 2. The molecule has 0 spiro atoms. The molecule has 3 rings (SSSR count). The predicted octanol–water partition coefficient (Wildman–Crippen LogP) is 1.81. The fourth-order valence-corrected chi connectivity index (χ4v) is 2.98. The Kier molecular flexibility index (Phi) is 5.50. The van der Waals surface area contributed by atoms with E-state index in [4.69, 9.17) is 9.94 Å². The maximum Gasteiger partial charge on any atom is 0.274 e. The molecule has 2 amide bonds. The van der Waals surface area contributed by atoms with Crippen LogP contribution >= 0.6 is 0 Å². The fraction of sp³-hybridized carbons (Fsp3) is 0.263. The molecule has 0 saturated heterocycles. The van der Waals surface area contributed by atoms with Gasteiger partial charge in [-0.05, 0) is 47.9 Å². The van der Waals surface area contributed by atoms with E-state index >= 15 is 0 Å². The quantitative estimate of drug-likeness (QED) is 0.562. The summed E-state index contributed by atoms with van der Waals surface area (Å²) in [6, 6.07) is 12.8. The number of hydrogen-bond donors (Lipinski definition) is 3. The van der Waals surface area contributed by atoms with E-state index in [1.165, 1.54) is 0 Å². The number of carbonyl (C=O) groups is 2. The van der Waals surface area contributed by atoms with Gasteiger partial charge in [-0.15, -0.1) is 0 Å². The highest BCUT2D eigenvalue weighted by atomic mass is 16.5. The Morgan fingerprint density at radius 1 is 1.23 bits per heavy atom. The van der Waals surface area contributed by atoms with E-state index in [1.54, 1.807) is 30.8 Å². The van der Waals surface area contributed by atoms with E-state index < -0.39 is 5.91 Å². The summed E-state index contributed by atoms with van der Waals surface area (Å²) >= 11 is 0. The van der Waals surface area contributed by atoms with E-state index in [2.05, 4.69) is 5.32 Å². The van der Waals surface area contributed by atoms with E-state index in [-0.39, 0.29) is 12.5 Å². The lowest BCUT2D eigenvalue weighted by molar-refractivity contribution is -0.117. The zero-order chi connectivity index (χ0) is 18.5. The Morgan fingerprint density at radius 2 is 2.00 bits per heavy atom. The molecule has 0 aliphatic carbocycles. The van der Waals surface area contributed by atoms with E-state index in [1.807, 2.05) is 29.2 Å². The topological polar surface area (TPSA) is 90.9 Å². The molecule has 136 valence electrons. The molecule has 0 fully saturated rings. The molecule has 0 saturated carbocycles. The number of rotatable bonds is 5. The molecule has 0 unspecified atom stereocenters. The summed E-state index contributed by atoms with van der Waals surface area (Å²) in [5.74, 6) is 0.150. The molecule has 0 aromatic heterocycles. The lowest BCUT2D eigenvalue weighted by Gasteiger charge is -2.19. The van der Waals surface area contributed by atoms with Crippen LogP contribution in [0, 0.1) is 0 Å². The molecule has 26 heavy (non-hydrogen) atoms. The Morgan fingerprint density at radius 3 is 2.69 bits per heavy atom. The third kappa shape index (κ3) is 4.19. The van der Waals surface area contributed by atoms with Crippen molar-refractivity contribution in [2.24, 2.45) is 0 Å². The molecule has 0 bridgehead atoms. The van der Waals surface area contributed by atoms with Crippen LogP contribution in [0.4, 0.5) is 5.69 Å². The average molecular weight is 355 g/mol. The van der Waals surface area contributed by atoms with Gasteiger partial charge in [-0.1, -0.05) is 12.1 Å². The van der Waals surface area contributed by atoms with Gasteiger partial charge in [0, 0.05) is 24.3 Å². The summed E-state index contributed by atoms with van der Waals surface area (Å²) < 4.78 is 5.16. The number of methoxy groups -OCH3 is 1. The summed E-state index contributed by atoms with van der Waals surface area (Å²) in [7, 11) is 1.63. The molecule has 0 atom stereocenters. The van der Waals surface area contributed by atoms with Gasteiger partial charge < -0.3 is 10.1 Å². The van der Waals surface area contributed by atoms with Crippen molar-refractivity contribution in [1.82, 2.24) is 10.4 Å². The first-order chi connectivity index (χ1) is 12.6. The number of benzene rings is 2. The van der Waals surface area contributed by atoms with Gasteiger partial charge in [-0.3, -0.25) is 19.7 Å². The fourth-order valence-electron chi connectivity index (χ4n) is 2.98. The largest absolute Gasteiger partial charge is 0.497 e. The predicted molar refractivity (Wildman–Crippen MR) is 96.3 cm³/mol. The van der Waals surface area contributed by atoms with Crippen LogP contribution in [0.2, 0.25) is 0 Å². The monoisotopic (exact) mass is 355 g/mol. The van der Waals surface area contributed by atoms with Crippen molar-refractivity contribution in [2.75, 3.05) is 25.5 Å². The minimum Gasteiger partial charge on any atom is -0.497 e. The summed E-state index contributed by atoms with van der Waals surface area (Å²) in [5.41, 5.74) is 4.66. The number of carbonyl (C=O) groups excluding carboxylic acids is 2. The average Bonchev–Trinajstić information content (AvgIpc) is 2.82. The van der Waals surface area contributed by atoms with Gasteiger partial charge >= 0.3 is 0 Å². The van der Waals surface area contributed by atoms with Crippen molar-refractivity contribution in [3.63, 3.8) is 0 Å². The number of nitrogens with one attached hydrogen (secondary N) is 2. The van der Waals surface area contributed by atoms with E-state index in [9.17, 15) is 9.59 Å². The van der Waals surface area contributed by atoms with Crippen LogP contribution in [0.3, 0.4) is 0 Å². The Bertz CT molecular complexity index is 805. The highest BCUT2D eigenvalue weighted by Crippen LogP contribution is 2.23. The number of fused-ring (bicyclic) bond motifs is 1. The Hall–Kier alpha value is -2.90. The summed E-state index contributed by atoms with van der Waals surface area (Å²) in [4.78, 5) is 25.8. The highest BCUT2D eigenvalue weighted by Gasteiger charge is 2.20. The number of hydrogen-bond acceptors (Lipinski definition) is 5. The van der Waals surface area contributed by atoms with Gasteiger partial charge in [0.05, 0.1) is 13.7 Å². The van der Waals surface area contributed by atoms with Gasteiger partial charge in [0.25, 0.3) is 5.91 Å². The van der Waals surface area contributed by atoms with Crippen molar-refractivity contribution in [3.8, 4) is 5.75 Å². The lowest BCUT2D eigenvalue weighted by atomic mass is 10.1. The normalized spacial score (nSPS) is 14.2. The third-order valence-electron chi connectivity index (χ3n) is 4.38. The van der Waals surface area contributed by atoms with Gasteiger partial charge in [-0.25, -0.2) is 5.48 Å². The summed E-state index contributed by atoms with van der Waals surface area (Å²) in [6.07, 6.45) is 0.795. The molecule has 2 aromatic rings. The molecule has 1 aliphatic heterocycles. The molecule has 0 radical (unpaired) electrons. The third-order valence-corrected chi connectivity index (χ3v) is 4.38.